The molecule has 5 nitrogen and oxygen atoms in total. The fourth-order valence-electron chi connectivity index (χ4n) is 1.78. The fourth-order valence-corrected chi connectivity index (χ4v) is 1.78. The van der Waals surface area contributed by atoms with Gasteiger partial charge in [0.1, 0.15) is 5.75 Å². The minimum Gasteiger partial charge on any atom is -0.484 e. The number of rotatable bonds is 6. The Kier molecular flexibility index (Phi) is 4.39. The van der Waals surface area contributed by atoms with Gasteiger partial charge in [0.05, 0.1) is 5.60 Å². The molecule has 0 spiro atoms. The lowest BCUT2D eigenvalue weighted by Gasteiger charge is -2.17. The summed E-state index contributed by atoms with van der Waals surface area (Å²) in [6, 6.07) is 7.31. The minimum absolute atomic E-state index is 0.249. The molecule has 2 rings (SSSR count). The highest BCUT2D eigenvalue weighted by molar-refractivity contribution is 5.30. The second kappa shape index (κ2) is 6.05. The quantitative estimate of drug-likeness (QED) is 0.878. The van der Waals surface area contributed by atoms with Crippen LogP contribution in [-0.2, 0) is 18.6 Å². The Labute approximate surface area is 118 Å². The maximum Gasteiger partial charge on any atom is 0.264 e. The highest BCUT2D eigenvalue weighted by Gasteiger charge is 2.15. The molecule has 20 heavy (non-hydrogen) atoms. The molecular weight excluding hydrogens is 256 g/mol. The molecule has 0 atom stereocenters. The van der Waals surface area contributed by atoms with Crippen molar-refractivity contribution < 1.29 is 14.4 Å². The number of aliphatic hydroxyl groups is 1. The van der Waals surface area contributed by atoms with Gasteiger partial charge in [-0.15, -0.1) is 0 Å². The average Bonchev–Trinajstić information content (AvgIpc) is 2.84. The Hall–Kier alpha value is -1.88. The Bertz CT molecular complexity index is 541. The maximum atomic E-state index is 9.87. The molecule has 0 fully saturated rings. The van der Waals surface area contributed by atoms with Crippen LogP contribution in [-0.4, -0.2) is 15.2 Å². The predicted molar refractivity (Wildman–Crippen MR) is 74.3 cm³/mol. The number of hydrogen-bond donors (Lipinski definition) is 1. The van der Waals surface area contributed by atoms with Gasteiger partial charge in [0, 0.05) is 6.42 Å². The highest BCUT2D eigenvalue weighted by atomic mass is 16.5. The standard InChI is InChI=1S/C15H20N2O3/c1-4-5-13-16-14(20-17-13)10-19-12-8-6-11(7-9-12)15(2,3)18/h6-9,18H,4-5,10H2,1-3H3. The molecule has 1 heterocycles. The largest absolute Gasteiger partial charge is 0.484 e. The van der Waals surface area contributed by atoms with Crippen LogP contribution in [0.3, 0.4) is 0 Å². The van der Waals surface area contributed by atoms with E-state index in [4.69, 9.17) is 9.26 Å². The minimum atomic E-state index is -0.847. The van der Waals surface area contributed by atoms with Gasteiger partial charge < -0.3 is 14.4 Å². The van der Waals surface area contributed by atoms with Crippen LogP contribution in [0.5, 0.6) is 5.75 Å². The lowest BCUT2D eigenvalue weighted by atomic mass is 9.99. The first-order valence-corrected chi connectivity index (χ1v) is 6.76. The summed E-state index contributed by atoms with van der Waals surface area (Å²) in [6.45, 7) is 5.81. The van der Waals surface area contributed by atoms with Gasteiger partial charge in [0.2, 0.25) is 0 Å². The van der Waals surface area contributed by atoms with Crippen molar-refractivity contribution in [2.45, 2.75) is 45.8 Å². The molecule has 0 unspecified atom stereocenters. The van der Waals surface area contributed by atoms with Crippen LogP contribution in [0.1, 0.15) is 44.5 Å². The van der Waals surface area contributed by atoms with Crippen molar-refractivity contribution in [1.82, 2.24) is 10.1 Å². The zero-order chi connectivity index (χ0) is 14.6. The molecule has 0 amide bonds. The van der Waals surface area contributed by atoms with E-state index in [9.17, 15) is 5.11 Å². The molecule has 0 aliphatic heterocycles. The van der Waals surface area contributed by atoms with Crippen LogP contribution in [0.2, 0.25) is 0 Å². The van der Waals surface area contributed by atoms with Crippen molar-refractivity contribution in [1.29, 1.82) is 0 Å². The summed E-state index contributed by atoms with van der Waals surface area (Å²) in [7, 11) is 0. The Balaban J connectivity index is 1.93. The van der Waals surface area contributed by atoms with Crippen molar-refractivity contribution in [3.63, 3.8) is 0 Å². The van der Waals surface area contributed by atoms with E-state index in [0.29, 0.717) is 17.5 Å². The molecule has 2 aromatic rings. The number of benzene rings is 1. The van der Waals surface area contributed by atoms with Crippen LogP contribution in [0.4, 0.5) is 0 Å². The van der Waals surface area contributed by atoms with Gasteiger partial charge in [0.15, 0.2) is 12.4 Å². The normalized spacial score (nSPS) is 11.6. The molecule has 0 saturated heterocycles. The summed E-state index contributed by atoms with van der Waals surface area (Å²) >= 11 is 0. The maximum absolute atomic E-state index is 9.87. The Morgan fingerprint density at radius 3 is 2.55 bits per heavy atom. The van der Waals surface area contributed by atoms with Gasteiger partial charge in [-0.25, -0.2) is 0 Å². The first-order chi connectivity index (χ1) is 9.49. The monoisotopic (exact) mass is 276 g/mol. The number of aromatic nitrogens is 2. The van der Waals surface area contributed by atoms with E-state index in [1.165, 1.54) is 0 Å². The van der Waals surface area contributed by atoms with Gasteiger partial charge in [-0.1, -0.05) is 24.2 Å². The molecule has 1 N–H and O–H groups in total. The van der Waals surface area contributed by atoms with Crippen LogP contribution in [0, 0.1) is 0 Å². The van der Waals surface area contributed by atoms with E-state index in [2.05, 4.69) is 17.1 Å². The third-order valence-corrected chi connectivity index (χ3v) is 2.91. The van der Waals surface area contributed by atoms with Crippen molar-refractivity contribution in [3.8, 4) is 5.75 Å². The summed E-state index contributed by atoms with van der Waals surface area (Å²) in [5, 5.41) is 13.7. The lowest BCUT2D eigenvalue weighted by Crippen LogP contribution is -2.14. The molecule has 5 heteroatoms. The summed E-state index contributed by atoms with van der Waals surface area (Å²) in [4.78, 5) is 4.23. The summed E-state index contributed by atoms with van der Waals surface area (Å²) < 4.78 is 10.7. The topological polar surface area (TPSA) is 68.4 Å². The average molecular weight is 276 g/mol. The third kappa shape index (κ3) is 3.81. The second-order valence-electron chi connectivity index (χ2n) is 5.23. The van der Waals surface area contributed by atoms with Crippen LogP contribution < -0.4 is 4.74 Å². The van der Waals surface area contributed by atoms with Crippen LogP contribution >= 0.6 is 0 Å². The molecule has 1 aromatic carbocycles. The lowest BCUT2D eigenvalue weighted by molar-refractivity contribution is 0.0785. The smallest absolute Gasteiger partial charge is 0.264 e. The van der Waals surface area contributed by atoms with Crippen molar-refractivity contribution in [3.05, 3.63) is 41.5 Å². The van der Waals surface area contributed by atoms with Gasteiger partial charge >= 0.3 is 0 Å². The predicted octanol–water partition coefficient (Wildman–Crippen LogP) is 2.83. The van der Waals surface area contributed by atoms with Crippen molar-refractivity contribution in [2.75, 3.05) is 0 Å². The summed E-state index contributed by atoms with van der Waals surface area (Å²) in [5.74, 6) is 1.89. The number of ether oxygens (including phenoxy) is 1. The zero-order valence-corrected chi connectivity index (χ0v) is 12.1. The molecule has 1 aromatic heterocycles. The van der Waals surface area contributed by atoms with E-state index in [1.54, 1.807) is 13.8 Å². The van der Waals surface area contributed by atoms with Gasteiger partial charge in [-0.05, 0) is 38.0 Å². The number of aryl methyl sites for hydroxylation is 1. The highest BCUT2D eigenvalue weighted by Crippen LogP contribution is 2.22. The SMILES string of the molecule is CCCc1noc(COc2ccc(C(C)(C)O)cc2)n1. The molecular formula is C15H20N2O3. The molecule has 0 bridgehead atoms. The van der Waals surface area contributed by atoms with E-state index in [1.807, 2.05) is 24.3 Å². The van der Waals surface area contributed by atoms with E-state index in [0.717, 1.165) is 18.4 Å². The Morgan fingerprint density at radius 2 is 1.95 bits per heavy atom. The molecule has 0 aliphatic rings. The summed E-state index contributed by atoms with van der Waals surface area (Å²) in [6.07, 6.45) is 1.79. The van der Waals surface area contributed by atoms with Crippen molar-refractivity contribution >= 4 is 0 Å². The third-order valence-electron chi connectivity index (χ3n) is 2.91. The van der Waals surface area contributed by atoms with Crippen molar-refractivity contribution in [2.24, 2.45) is 0 Å². The van der Waals surface area contributed by atoms with Gasteiger partial charge in [-0.2, -0.15) is 4.98 Å². The second-order valence-corrected chi connectivity index (χ2v) is 5.23. The molecule has 0 saturated carbocycles. The fraction of sp³-hybridized carbons (Fsp3) is 0.467. The molecule has 108 valence electrons. The number of hydrogen-bond acceptors (Lipinski definition) is 5. The van der Waals surface area contributed by atoms with E-state index in [-0.39, 0.29) is 6.61 Å². The number of nitrogens with zero attached hydrogens (tertiary/aromatic N) is 2. The molecule has 0 aliphatic carbocycles. The first kappa shape index (κ1) is 14.5. The van der Waals surface area contributed by atoms with E-state index >= 15 is 0 Å². The Morgan fingerprint density at radius 1 is 1.25 bits per heavy atom. The van der Waals surface area contributed by atoms with Crippen LogP contribution in [0.15, 0.2) is 28.8 Å². The van der Waals surface area contributed by atoms with E-state index < -0.39 is 5.60 Å². The van der Waals surface area contributed by atoms with Gasteiger partial charge in [0.25, 0.3) is 5.89 Å². The van der Waals surface area contributed by atoms with Gasteiger partial charge in [-0.3, -0.25) is 0 Å². The van der Waals surface area contributed by atoms with Crippen LogP contribution in [0.25, 0.3) is 0 Å². The first-order valence-electron chi connectivity index (χ1n) is 6.76. The zero-order valence-electron chi connectivity index (χ0n) is 12.1. The molecule has 0 radical (unpaired) electrons. The summed E-state index contributed by atoms with van der Waals surface area (Å²) in [5.41, 5.74) is -0.00653.